The summed E-state index contributed by atoms with van der Waals surface area (Å²) >= 11 is 0. The Kier molecular flexibility index (Phi) is 17.0. The van der Waals surface area contributed by atoms with Gasteiger partial charge in [-0.2, -0.15) is 8.42 Å². The van der Waals surface area contributed by atoms with Gasteiger partial charge in [0.15, 0.2) is 4.75 Å². The number of carboxylic acids is 4. The van der Waals surface area contributed by atoms with Crippen molar-refractivity contribution in [3.63, 3.8) is 0 Å². The van der Waals surface area contributed by atoms with E-state index >= 15 is 0 Å². The van der Waals surface area contributed by atoms with Gasteiger partial charge in [0, 0.05) is 49.4 Å². The van der Waals surface area contributed by atoms with E-state index in [2.05, 4.69) is 0 Å². The number of nitrogens with zero attached hydrogens (tertiary/aromatic N) is 2. The number of carboxylic acid groups (broad SMARTS) is 4. The van der Waals surface area contributed by atoms with Gasteiger partial charge in [0.05, 0.1) is 24.5 Å². The fourth-order valence-corrected chi connectivity index (χ4v) is 7.58. The van der Waals surface area contributed by atoms with Crippen molar-refractivity contribution in [2.75, 3.05) is 26.2 Å². The summed E-state index contributed by atoms with van der Waals surface area (Å²) in [4.78, 5) is 47.3. The van der Waals surface area contributed by atoms with Gasteiger partial charge in [0.2, 0.25) is 0 Å². The summed E-state index contributed by atoms with van der Waals surface area (Å²) in [5.41, 5.74) is 0.313. The van der Waals surface area contributed by atoms with E-state index in [-0.39, 0.29) is 145 Å². The van der Waals surface area contributed by atoms with Crippen LogP contribution < -0.4 is 108 Å². The SMILES string of the molecule is Cc1cc(C2(c3cc(C)c(O)c(CN(CC(=O)[O-])CC(=O)O)c3)c3ccccc3OS2(=O)=O)cc(CN(CC(=O)[O-])CC(=O)[O-])c1O.[Na+].[Na+].[Na+]. The maximum absolute atomic E-state index is 14.3. The van der Waals surface area contributed by atoms with Gasteiger partial charge in [-0.15, -0.1) is 0 Å². The molecule has 50 heavy (non-hydrogen) atoms. The Labute approximate surface area is 353 Å². The molecule has 0 amide bonds. The second-order valence-corrected chi connectivity index (χ2v) is 12.8. The monoisotopic (exact) mass is 738 g/mol. The topological polar surface area (TPSA) is 248 Å². The quantitative estimate of drug-likeness (QED) is 0.103. The third-order valence-electron chi connectivity index (χ3n) is 7.62. The number of carbonyl (C=O) groups is 4. The molecule has 3 aromatic rings. The van der Waals surface area contributed by atoms with Gasteiger partial charge in [-0.25, -0.2) is 0 Å². The number of para-hydroxylation sites is 1. The smallest absolute Gasteiger partial charge is 0.549 e. The number of phenols is 2. The molecule has 0 saturated carbocycles. The van der Waals surface area contributed by atoms with Crippen molar-refractivity contribution in [2.45, 2.75) is 31.7 Å². The molecule has 1 heterocycles. The summed E-state index contributed by atoms with van der Waals surface area (Å²) in [6.45, 7) is -1.30. The predicted octanol–water partition coefficient (Wildman–Crippen LogP) is -11.3. The molecule has 15 nitrogen and oxygen atoms in total. The fraction of sp³-hybridized carbons (Fsp3) is 0.290. The molecular formula is C31H29N2Na3O13S. The zero-order valence-corrected chi connectivity index (χ0v) is 34.9. The Hall–Kier alpha value is -2.19. The van der Waals surface area contributed by atoms with Gasteiger partial charge in [-0.1, -0.05) is 18.2 Å². The molecule has 19 heteroatoms. The van der Waals surface area contributed by atoms with Crippen LogP contribution >= 0.6 is 0 Å². The largest absolute Gasteiger partial charge is 1.00 e. The summed E-state index contributed by atoms with van der Waals surface area (Å²) in [5.74, 6) is -6.96. The molecule has 0 aliphatic carbocycles. The first-order chi connectivity index (χ1) is 22.0. The summed E-state index contributed by atoms with van der Waals surface area (Å²) in [7, 11) is -4.74. The third kappa shape index (κ3) is 9.81. The van der Waals surface area contributed by atoms with Crippen molar-refractivity contribution in [3.8, 4) is 17.2 Å². The van der Waals surface area contributed by atoms with E-state index in [0.717, 1.165) is 9.80 Å². The van der Waals surface area contributed by atoms with Crippen LogP contribution in [-0.2, 0) is 47.1 Å². The predicted molar refractivity (Wildman–Crippen MR) is 155 cm³/mol. The fourth-order valence-electron chi connectivity index (χ4n) is 5.82. The van der Waals surface area contributed by atoms with E-state index in [1.54, 1.807) is 6.07 Å². The van der Waals surface area contributed by atoms with Gasteiger partial charge in [0.1, 0.15) is 17.2 Å². The van der Waals surface area contributed by atoms with Crippen LogP contribution in [0.2, 0.25) is 0 Å². The van der Waals surface area contributed by atoms with E-state index in [1.165, 1.54) is 56.3 Å². The van der Waals surface area contributed by atoms with Crippen LogP contribution in [-0.4, -0.2) is 83.6 Å². The number of fused-ring (bicyclic) bond motifs is 1. The van der Waals surface area contributed by atoms with Crippen LogP contribution in [0.1, 0.15) is 38.9 Å². The molecule has 0 radical (unpaired) electrons. The first-order valence-corrected chi connectivity index (χ1v) is 15.3. The minimum Gasteiger partial charge on any atom is -0.549 e. The number of hydrogen-bond acceptors (Lipinski definition) is 14. The molecule has 1 atom stereocenters. The van der Waals surface area contributed by atoms with Crippen molar-refractivity contribution in [1.29, 1.82) is 0 Å². The average Bonchev–Trinajstić information content (AvgIpc) is 3.18. The molecular weight excluding hydrogens is 709 g/mol. The number of benzene rings is 3. The Morgan fingerprint density at radius 3 is 1.52 bits per heavy atom. The van der Waals surface area contributed by atoms with Crippen LogP contribution in [0.15, 0.2) is 48.5 Å². The average molecular weight is 739 g/mol. The molecule has 0 bridgehead atoms. The van der Waals surface area contributed by atoms with Gasteiger partial charge >= 0.3 is 105 Å². The third-order valence-corrected chi connectivity index (χ3v) is 9.46. The van der Waals surface area contributed by atoms with E-state index in [0.29, 0.717) is 0 Å². The molecule has 0 aromatic heterocycles. The van der Waals surface area contributed by atoms with E-state index < -0.39 is 78.0 Å². The van der Waals surface area contributed by atoms with Crippen molar-refractivity contribution in [3.05, 3.63) is 87.5 Å². The van der Waals surface area contributed by atoms with E-state index in [4.69, 9.17) is 4.18 Å². The second-order valence-electron chi connectivity index (χ2n) is 11.1. The van der Waals surface area contributed by atoms with Crippen molar-refractivity contribution < 1.29 is 151 Å². The second kappa shape index (κ2) is 18.5. The van der Waals surface area contributed by atoms with Crippen molar-refractivity contribution in [1.82, 2.24) is 9.80 Å². The summed E-state index contributed by atoms with van der Waals surface area (Å²) in [6, 6.07) is 11.2. The number of hydrogen-bond donors (Lipinski definition) is 3. The maximum atomic E-state index is 14.3. The molecule has 0 saturated heterocycles. The number of aromatic hydroxyl groups is 2. The molecule has 3 N–H and O–H groups in total. The van der Waals surface area contributed by atoms with E-state index in [9.17, 15) is 58.2 Å². The van der Waals surface area contributed by atoms with Gasteiger partial charge in [-0.3, -0.25) is 14.6 Å². The number of phenolic OH excluding ortho intramolecular Hbond substituents is 2. The molecule has 1 aliphatic rings. The number of aryl methyl sites for hydroxylation is 2. The van der Waals surface area contributed by atoms with Crippen molar-refractivity contribution in [2.24, 2.45) is 0 Å². The minimum absolute atomic E-state index is 0. The number of aliphatic carboxylic acids is 4. The van der Waals surface area contributed by atoms with Crippen molar-refractivity contribution >= 4 is 34.0 Å². The molecule has 1 unspecified atom stereocenters. The summed E-state index contributed by atoms with van der Waals surface area (Å²) < 4.78 is 31.8. The van der Waals surface area contributed by atoms with Gasteiger partial charge in [0.25, 0.3) is 0 Å². The zero-order chi connectivity index (χ0) is 34.8. The minimum atomic E-state index is -4.74. The van der Waals surface area contributed by atoms with Gasteiger partial charge < -0.3 is 49.2 Å². The van der Waals surface area contributed by atoms with Crippen LogP contribution in [0.3, 0.4) is 0 Å². The van der Waals surface area contributed by atoms with Crippen LogP contribution in [0, 0.1) is 13.8 Å². The molecule has 3 aromatic carbocycles. The Balaban J connectivity index is 0.00000417. The Morgan fingerprint density at radius 1 is 0.720 bits per heavy atom. The molecule has 1 aliphatic heterocycles. The van der Waals surface area contributed by atoms with Crippen LogP contribution in [0.5, 0.6) is 17.2 Å². The summed E-state index contributed by atoms with van der Waals surface area (Å²) in [5, 5.41) is 65.3. The summed E-state index contributed by atoms with van der Waals surface area (Å²) in [6.07, 6.45) is 0. The molecule has 0 fully saturated rings. The van der Waals surface area contributed by atoms with Gasteiger partial charge in [-0.05, 0) is 66.4 Å². The Morgan fingerprint density at radius 2 is 1.12 bits per heavy atom. The first-order valence-electron chi connectivity index (χ1n) is 13.9. The normalized spacial score (nSPS) is 15.5. The van der Waals surface area contributed by atoms with Crippen LogP contribution in [0.4, 0.5) is 0 Å². The molecule has 0 spiro atoms. The molecule has 4 rings (SSSR count). The molecule has 250 valence electrons. The standard InChI is InChI=1S/C31H32N2O13S.3Na/c1-17-7-21(9-19(29(17)42)11-32(13-25(34)35)14-26(36)37)31(23-5-3-4-6-24(23)46-47(31,44)45)22-8-18(2)30(43)20(10-22)12-33(15-27(38)39)16-28(40)41;;;/h3-10,42-43H,11-16H2,1-2H3,(H,34,35)(H,36,37)(H,38,39)(H,40,41);;;/q;3*+1/p-3. The van der Waals surface area contributed by atoms with Crippen LogP contribution in [0.25, 0.3) is 0 Å². The first kappa shape index (κ1) is 45.8. The number of carbonyl (C=O) groups excluding carboxylic acids is 3. The van der Waals surface area contributed by atoms with E-state index in [1.807, 2.05) is 0 Å². The Bertz CT molecular complexity index is 1760. The zero-order valence-electron chi connectivity index (χ0n) is 28.1. The maximum Gasteiger partial charge on any atom is 1.00 e. The number of rotatable bonds is 14.